The Morgan fingerprint density at radius 3 is 2.68 bits per heavy atom. The number of carbonyl (C=O) groups is 2. The molecule has 1 amide bonds. The van der Waals surface area contributed by atoms with E-state index in [0.717, 1.165) is 0 Å². The Kier molecular flexibility index (Phi) is 4.51. The molecule has 0 aliphatic carbocycles. The Labute approximate surface area is 127 Å². The molecule has 1 N–H and O–H groups in total. The molecular weight excluding hydrogens is 288 g/mol. The van der Waals surface area contributed by atoms with Gasteiger partial charge in [-0.05, 0) is 12.5 Å². The van der Waals surface area contributed by atoms with Gasteiger partial charge in [-0.2, -0.15) is 5.26 Å². The molecule has 1 aliphatic rings. The molecule has 0 spiro atoms. The number of carboxylic acid groups (broad SMARTS) is 1. The molecule has 2 rings (SSSR count). The van der Waals surface area contributed by atoms with Crippen molar-refractivity contribution in [3.63, 3.8) is 0 Å². The van der Waals surface area contributed by atoms with Crippen LogP contribution in [0, 0.1) is 11.3 Å². The molecule has 1 aromatic carbocycles. The lowest BCUT2D eigenvalue weighted by Gasteiger charge is -2.20. The van der Waals surface area contributed by atoms with Crippen LogP contribution in [-0.4, -0.2) is 42.6 Å². The van der Waals surface area contributed by atoms with E-state index in [2.05, 4.69) is 6.07 Å². The number of hydrogen-bond acceptors (Lipinski definition) is 5. The second-order valence-electron chi connectivity index (χ2n) is 4.82. The molecule has 0 bridgehead atoms. The van der Waals surface area contributed by atoms with Crippen LogP contribution in [0.15, 0.2) is 12.1 Å². The van der Waals surface area contributed by atoms with Gasteiger partial charge in [-0.25, -0.2) is 0 Å². The largest absolute Gasteiger partial charge is 0.497 e. The third kappa shape index (κ3) is 2.68. The molecule has 116 valence electrons. The standard InChI is InChI=1S/C15H16N2O5/c1-21-9-6-10-14(12(7-9)22-2)11(8-16)17(15(10)20)5-3-4-13(18)19/h6-7,11H,3-5H2,1-2H3,(H,18,19). The van der Waals surface area contributed by atoms with E-state index in [1.165, 1.54) is 19.1 Å². The number of benzene rings is 1. The first kappa shape index (κ1) is 15.6. The summed E-state index contributed by atoms with van der Waals surface area (Å²) in [6.45, 7) is 0.198. The van der Waals surface area contributed by atoms with Gasteiger partial charge in [-0.3, -0.25) is 9.59 Å². The molecule has 7 heteroatoms. The van der Waals surface area contributed by atoms with Gasteiger partial charge in [0.05, 0.1) is 25.9 Å². The predicted molar refractivity (Wildman–Crippen MR) is 75.8 cm³/mol. The number of hydrogen-bond donors (Lipinski definition) is 1. The van der Waals surface area contributed by atoms with Crippen LogP contribution in [0.4, 0.5) is 0 Å². The zero-order chi connectivity index (χ0) is 16.3. The minimum atomic E-state index is -0.933. The van der Waals surface area contributed by atoms with Crippen LogP contribution in [0.3, 0.4) is 0 Å². The normalized spacial score (nSPS) is 16.1. The number of ether oxygens (including phenoxy) is 2. The Morgan fingerprint density at radius 2 is 2.14 bits per heavy atom. The van der Waals surface area contributed by atoms with Crippen molar-refractivity contribution in [3.8, 4) is 17.6 Å². The van der Waals surface area contributed by atoms with Crippen LogP contribution in [-0.2, 0) is 4.79 Å². The third-order valence-electron chi connectivity index (χ3n) is 3.56. The number of methoxy groups -OCH3 is 2. The summed E-state index contributed by atoms with van der Waals surface area (Å²) in [5.74, 6) is -0.371. The number of nitrogens with zero attached hydrogens (tertiary/aromatic N) is 2. The van der Waals surface area contributed by atoms with Gasteiger partial charge in [0.2, 0.25) is 0 Å². The van der Waals surface area contributed by atoms with Gasteiger partial charge in [0.25, 0.3) is 5.91 Å². The van der Waals surface area contributed by atoms with Crippen molar-refractivity contribution in [1.82, 2.24) is 4.90 Å². The topological polar surface area (TPSA) is 99.9 Å². The number of carboxylic acids is 1. The minimum absolute atomic E-state index is 0.0568. The number of fused-ring (bicyclic) bond motifs is 1. The van der Waals surface area contributed by atoms with Crippen molar-refractivity contribution in [3.05, 3.63) is 23.3 Å². The van der Waals surface area contributed by atoms with Crippen LogP contribution in [0.2, 0.25) is 0 Å². The van der Waals surface area contributed by atoms with E-state index in [9.17, 15) is 14.9 Å². The lowest BCUT2D eigenvalue weighted by Crippen LogP contribution is -2.28. The fourth-order valence-corrected chi connectivity index (χ4v) is 2.54. The predicted octanol–water partition coefficient (Wildman–Crippen LogP) is 1.59. The van der Waals surface area contributed by atoms with E-state index in [0.29, 0.717) is 22.6 Å². The van der Waals surface area contributed by atoms with Crippen molar-refractivity contribution in [2.45, 2.75) is 18.9 Å². The number of aliphatic carboxylic acids is 1. The summed E-state index contributed by atoms with van der Waals surface area (Å²) in [4.78, 5) is 24.5. The van der Waals surface area contributed by atoms with Crippen LogP contribution in [0.1, 0.15) is 34.8 Å². The van der Waals surface area contributed by atoms with Gasteiger partial charge in [-0.15, -0.1) is 0 Å². The summed E-state index contributed by atoms with van der Waals surface area (Å²) in [6.07, 6.45) is 0.228. The lowest BCUT2D eigenvalue weighted by molar-refractivity contribution is -0.137. The lowest BCUT2D eigenvalue weighted by atomic mass is 10.0. The van der Waals surface area contributed by atoms with E-state index in [1.54, 1.807) is 12.1 Å². The fourth-order valence-electron chi connectivity index (χ4n) is 2.54. The van der Waals surface area contributed by atoms with Gasteiger partial charge in [-0.1, -0.05) is 0 Å². The molecule has 0 saturated carbocycles. The van der Waals surface area contributed by atoms with Crippen molar-refractivity contribution in [2.24, 2.45) is 0 Å². The first-order valence-corrected chi connectivity index (χ1v) is 6.71. The van der Waals surface area contributed by atoms with Crippen molar-refractivity contribution >= 4 is 11.9 Å². The third-order valence-corrected chi connectivity index (χ3v) is 3.56. The van der Waals surface area contributed by atoms with Gasteiger partial charge in [0.1, 0.15) is 17.5 Å². The van der Waals surface area contributed by atoms with Crippen LogP contribution < -0.4 is 9.47 Å². The van der Waals surface area contributed by atoms with Crippen molar-refractivity contribution < 1.29 is 24.2 Å². The summed E-state index contributed by atoms with van der Waals surface area (Å²) in [7, 11) is 2.94. The second kappa shape index (κ2) is 6.35. The van der Waals surface area contributed by atoms with Gasteiger partial charge >= 0.3 is 5.97 Å². The fraction of sp³-hybridized carbons (Fsp3) is 0.400. The first-order chi connectivity index (χ1) is 10.5. The van der Waals surface area contributed by atoms with Crippen LogP contribution in [0.25, 0.3) is 0 Å². The molecule has 0 aromatic heterocycles. The maximum absolute atomic E-state index is 12.5. The summed E-state index contributed by atoms with van der Waals surface area (Å²) >= 11 is 0. The zero-order valence-electron chi connectivity index (χ0n) is 12.3. The average molecular weight is 304 g/mol. The number of amides is 1. The molecule has 1 aliphatic heterocycles. The van der Waals surface area contributed by atoms with E-state index in [1.807, 2.05) is 0 Å². The van der Waals surface area contributed by atoms with Crippen molar-refractivity contribution in [2.75, 3.05) is 20.8 Å². The SMILES string of the molecule is COc1cc(OC)c2c(c1)C(=O)N(CCCC(=O)O)C2C#N. The van der Waals surface area contributed by atoms with Crippen molar-refractivity contribution in [1.29, 1.82) is 5.26 Å². The molecule has 0 radical (unpaired) electrons. The van der Waals surface area contributed by atoms with Crippen LogP contribution in [0.5, 0.6) is 11.5 Å². The summed E-state index contributed by atoms with van der Waals surface area (Å²) in [5, 5.41) is 18.1. The molecule has 0 saturated heterocycles. The molecule has 1 heterocycles. The Bertz CT molecular complexity index is 650. The Hall–Kier alpha value is -2.75. The highest BCUT2D eigenvalue weighted by molar-refractivity contribution is 6.01. The zero-order valence-corrected chi connectivity index (χ0v) is 12.3. The number of rotatable bonds is 6. The number of carbonyl (C=O) groups excluding carboxylic acids is 1. The highest BCUT2D eigenvalue weighted by Crippen LogP contribution is 2.41. The van der Waals surface area contributed by atoms with Crippen LogP contribution >= 0.6 is 0 Å². The maximum atomic E-state index is 12.5. The molecule has 7 nitrogen and oxygen atoms in total. The summed E-state index contributed by atoms with van der Waals surface area (Å²) in [6, 6.07) is 4.50. The smallest absolute Gasteiger partial charge is 0.303 e. The molecule has 1 atom stereocenters. The molecular formula is C15H16N2O5. The van der Waals surface area contributed by atoms with Gasteiger partial charge < -0.3 is 19.5 Å². The second-order valence-corrected chi connectivity index (χ2v) is 4.82. The molecule has 1 unspecified atom stereocenters. The van der Waals surface area contributed by atoms with E-state index in [4.69, 9.17) is 14.6 Å². The van der Waals surface area contributed by atoms with Gasteiger partial charge in [0, 0.05) is 24.6 Å². The number of nitriles is 1. The monoisotopic (exact) mass is 304 g/mol. The van der Waals surface area contributed by atoms with E-state index >= 15 is 0 Å². The highest BCUT2D eigenvalue weighted by atomic mass is 16.5. The first-order valence-electron chi connectivity index (χ1n) is 6.71. The quantitative estimate of drug-likeness (QED) is 0.856. The average Bonchev–Trinajstić information content (AvgIpc) is 2.78. The Morgan fingerprint density at radius 1 is 1.41 bits per heavy atom. The summed E-state index contributed by atoms with van der Waals surface area (Å²) < 4.78 is 10.4. The summed E-state index contributed by atoms with van der Waals surface area (Å²) in [5.41, 5.74) is 0.865. The minimum Gasteiger partial charge on any atom is -0.497 e. The van der Waals surface area contributed by atoms with E-state index < -0.39 is 12.0 Å². The molecule has 1 aromatic rings. The van der Waals surface area contributed by atoms with Gasteiger partial charge in [0.15, 0.2) is 0 Å². The molecule has 0 fully saturated rings. The maximum Gasteiger partial charge on any atom is 0.303 e. The highest BCUT2D eigenvalue weighted by Gasteiger charge is 2.39. The Balaban J connectivity index is 2.37. The van der Waals surface area contributed by atoms with E-state index in [-0.39, 0.29) is 25.3 Å². The molecule has 22 heavy (non-hydrogen) atoms.